The van der Waals surface area contributed by atoms with E-state index in [-0.39, 0.29) is 40.6 Å². The summed E-state index contributed by atoms with van der Waals surface area (Å²) < 4.78 is 54.6. The SMILES string of the molecule is CC(C)N1C(=O)C(NC(=O)C(Cc2c(Cl)cccc2Cl)NC(=O)c2ccc(F)cc2C(F)(F)F)CCc2cc(Cl)ccc21. The number of benzene rings is 3. The molecule has 0 aromatic heterocycles. The van der Waals surface area contributed by atoms with Crippen LogP contribution in [0, 0.1) is 5.82 Å². The minimum absolute atomic E-state index is 0.154. The molecule has 1 aliphatic rings. The molecule has 13 heteroatoms. The highest BCUT2D eigenvalue weighted by Crippen LogP contribution is 2.34. The maximum atomic E-state index is 13.7. The van der Waals surface area contributed by atoms with E-state index in [2.05, 4.69) is 10.6 Å². The zero-order chi connectivity index (χ0) is 31.6. The van der Waals surface area contributed by atoms with E-state index in [1.165, 1.54) is 17.0 Å². The number of halogens is 7. The Kier molecular flexibility index (Phi) is 9.93. The number of hydrogen-bond donors (Lipinski definition) is 2. The van der Waals surface area contributed by atoms with E-state index in [1.54, 1.807) is 24.3 Å². The molecule has 2 unspecified atom stereocenters. The van der Waals surface area contributed by atoms with Crippen LogP contribution in [0.4, 0.5) is 23.2 Å². The van der Waals surface area contributed by atoms with Gasteiger partial charge in [0.2, 0.25) is 11.8 Å². The third kappa shape index (κ3) is 7.42. The van der Waals surface area contributed by atoms with Gasteiger partial charge in [0.1, 0.15) is 17.9 Å². The molecule has 1 aliphatic heterocycles. The normalized spacial score (nSPS) is 16.0. The average Bonchev–Trinajstić information content (AvgIpc) is 3.05. The predicted octanol–water partition coefficient (Wildman–Crippen LogP) is 7.02. The van der Waals surface area contributed by atoms with Gasteiger partial charge in [-0.2, -0.15) is 13.2 Å². The fraction of sp³-hybridized carbons (Fsp3) is 0.300. The molecule has 0 fully saturated rings. The van der Waals surface area contributed by atoms with Gasteiger partial charge in [0.15, 0.2) is 0 Å². The van der Waals surface area contributed by atoms with Crippen LogP contribution in [0.15, 0.2) is 54.6 Å². The zero-order valence-electron chi connectivity index (χ0n) is 22.9. The Morgan fingerprint density at radius 1 is 1.02 bits per heavy atom. The highest BCUT2D eigenvalue weighted by Gasteiger charge is 2.38. The highest BCUT2D eigenvalue weighted by molar-refractivity contribution is 6.36. The Bertz CT molecular complexity index is 1550. The van der Waals surface area contributed by atoms with Crippen molar-refractivity contribution in [1.82, 2.24) is 10.6 Å². The molecular formula is C30H26Cl3F4N3O3. The third-order valence-corrected chi connectivity index (χ3v) is 7.94. The van der Waals surface area contributed by atoms with Gasteiger partial charge in [-0.05, 0) is 86.3 Å². The van der Waals surface area contributed by atoms with Crippen molar-refractivity contribution in [3.63, 3.8) is 0 Å². The maximum Gasteiger partial charge on any atom is 0.417 e. The predicted molar refractivity (Wildman–Crippen MR) is 157 cm³/mol. The smallest absolute Gasteiger partial charge is 0.342 e. The van der Waals surface area contributed by atoms with E-state index >= 15 is 0 Å². The average molecular weight is 659 g/mol. The van der Waals surface area contributed by atoms with Crippen LogP contribution in [0.25, 0.3) is 0 Å². The minimum Gasteiger partial charge on any atom is -0.342 e. The molecule has 0 radical (unpaired) electrons. The van der Waals surface area contributed by atoms with Crippen molar-refractivity contribution >= 4 is 58.2 Å². The first-order valence-electron chi connectivity index (χ1n) is 13.2. The van der Waals surface area contributed by atoms with Gasteiger partial charge in [0.25, 0.3) is 5.91 Å². The molecule has 3 amide bonds. The quantitative estimate of drug-likeness (QED) is 0.268. The van der Waals surface area contributed by atoms with Gasteiger partial charge in [0, 0.05) is 33.2 Å². The van der Waals surface area contributed by atoms with Gasteiger partial charge < -0.3 is 15.5 Å². The molecule has 0 saturated carbocycles. The first-order chi connectivity index (χ1) is 20.2. The van der Waals surface area contributed by atoms with E-state index in [1.807, 2.05) is 13.8 Å². The number of alkyl halides is 3. The van der Waals surface area contributed by atoms with Crippen LogP contribution >= 0.6 is 34.8 Å². The fourth-order valence-corrected chi connectivity index (χ4v) is 5.71. The standard InChI is InChI=1S/C30H26Cl3F4N3O3/c1-15(2)40-26-11-7-17(31)12-16(26)6-10-24(29(40)43)38-28(42)25(14-20-22(32)4-3-5-23(20)33)39-27(41)19-9-8-18(34)13-21(19)30(35,36)37/h3-5,7-9,11-13,15,24-25H,6,10,14H2,1-2H3,(H,38,42)(H,39,41). The monoisotopic (exact) mass is 657 g/mol. The second-order valence-corrected chi connectivity index (χ2v) is 11.5. The van der Waals surface area contributed by atoms with Crippen molar-refractivity contribution in [3.05, 3.63) is 97.7 Å². The summed E-state index contributed by atoms with van der Waals surface area (Å²) in [6, 6.07) is 8.42. The maximum absolute atomic E-state index is 13.7. The van der Waals surface area contributed by atoms with E-state index < -0.39 is 52.9 Å². The van der Waals surface area contributed by atoms with E-state index in [4.69, 9.17) is 34.8 Å². The lowest BCUT2D eigenvalue weighted by atomic mass is 10.0. The minimum atomic E-state index is -5.05. The van der Waals surface area contributed by atoms with Gasteiger partial charge >= 0.3 is 6.18 Å². The summed E-state index contributed by atoms with van der Waals surface area (Å²) in [7, 11) is 0. The number of carbonyl (C=O) groups is 3. The lowest BCUT2D eigenvalue weighted by molar-refractivity contribution is -0.138. The van der Waals surface area contributed by atoms with Crippen molar-refractivity contribution in [1.29, 1.82) is 0 Å². The van der Waals surface area contributed by atoms with Crippen LogP contribution in [0.1, 0.15) is 47.3 Å². The Morgan fingerprint density at radius 3 is 2.33 bits per heavy atom. The van der Waals surface area contributed by atoms with Crippen molar-refractivity contribution in [3.8, 4) is 0 Å². The molecule has 0 aliphatic carbocycles. The molecule has 4 rings (SSSR count). The zero-order valence-corrected chi connectivity index (χ0v) is 25.1. The summed E-state index contributed by atoms with van der Waals surface area (Å²) in [4.78, 5) is 42.1. The molecule has 0 saturated heterocycles. The Balaban J connectivity index is 1.67. The largest absolute Gasteiger partial charge is 0.417 e. The van der Waals surface area contributed by atoms with Gasteiger partial charge in [-0.1, -0.05) is 40.9 Å². The van der Waals surface area contributed by atoms with E-state index in [9.17, 15) is 31.9 Å². The summed E-state index contributed by atoms with van der Waals surface area (Å²) in [6.07, 6.45) is -4.80. The topological polar surface area (TPSA) is 78.5 Å². The molecule has 2 N–H and O–H groups in total. The molecule has 3 aromatic carbocycles. The van der Waals surface area contributed by atoms with Gasteiger partial charge in [-0.15, -0.1) is 0 Å². The Labute approximate surface area is 260 Å². The molecule has 0 spiro atoms. The number of amides is 3. The van der Waals surface area contributed by atoms with Crippen LogP contribution in [-0.2, 0) is 28.6 Å². The first-order valence-corrected chi connectivity index (χ1v) is 14.3. The summed E-state index contributed by atoms with van der Waals surface area (Å²) in [5.41, 5.74) is -0.706. The molecule has 0 bridgehead atoms. The number of carbonyl (C=O) groups excluding carboxylic acids is 3. The van der Waals surface area contributed by atoms with Crippen LogP contribution in [0.2, 0.25) is 15.1 Å². The van der Waals surface area contributed by atoms with E-state index in [0.29, 0.717) is 29.3 Å². The van der Waals surface area contributed by atoms with E-state index in [0.717, 1.165) is 5.56 Å². The van der Waals surface area contributed by atoms with Gasteiger partial charge in [-0.3, -0.25) is 14.4 Å². The van der Waals surface area contributed by atoms with Crippen LogP contribution in [0.3, 0.4) is 0 Å². The number of nitrogens with zero attached hydrogens (tertiary/aromatic N) is 1. The van der Waals surface area contributed by atoms with Crippen LogP contribution in [0.5, 0.6) is 0 Å². The third-order valence-electron chi connectivity index (χ3n) is 7.00. The first kappa shape index (κ1) is 32.6. The number of rotatable bonds is 7. The Hall–Kier alpha value is -3.34. The highest BCUT2D eigenvalue weighted by atomic mass is 35.5. The summed E-state index contributed by atoms with van der Waals surface area (Å²) in [6.45, 7) is 3.62. The molecule has 3 aromatic rings. The number of anilines is 1. The van der Waals surface area contributed by atoms with Crippen molar-refractivity contribution in [2.75, 3.05) is 4.90 Å². The molecule has 2 atom stereocenters. The van der Waals surface area contributed by atoms with Crippen molar-refractivity contribution < 1.29 is 31.9 Å². The number of hydrogen-bond acceptors (Lipinski definition) is 3. The van der Waals surface area contributed by atoms with Gasteiger partial charge in [-0.25, -0.2) is 4.39 Å². The van der Waals surface area contributed by atoms with Crippen LogP contribution < -0.4 is 15.5 Å². The lowest BCUT2D eigenvalue weighted by Crippen LogP contribution is -2.55. The lowest BCUT2D eigenvalue weighted by Gasteiger charge is -2.30. The number of nitrogens with one attached hydrogen (secondary N) is 2. The summed E-state index contributed by atoms with van der Waals surface area (Å²) in [5.74, 6) is -3.74. The fourth-order valence-electron chi connectivity index (χ4n) is 4.96. The second kappa shape index (κ2) is 13.1. The number of fused-ring (bicyclic) bond motifs is 1. The summed E-state index contributed by atoms with van der Waals surface area (Å²) >= 11 is 18.8. The summed E-state index contributed by atoms with van der Waals surface area (Å²) in [5, 5.41) is 5.77. The second-order valence-electron chi connectivity index (χ2n) is 10.3. The Morgan fingerprint density at radius 2 is 1.70 bits per heavy atom. The molecule has 43 heavy (non-hydrogen) atoms. The molecule has 228 valence electrons. The molecule has 6 nitrogen and oxygen atoms in total. The number of aryl methyl sites for hydroxylation is 1. The van der Waals surface area contributed by atoms with Gasteiger partial charge in [0.05, 0.1) is 11.1 Å². The van der Waals surface area contributed by atoms with Crippen LogP contribution in [-0.4, -0.2) is 35.8 Å². The molecular weight excluding hydrogens is 633 g/mol. The van der Waals surface area contributed by atoms with Crippen molar-refractivity contribution in [2.45, 2.75) is 57.4 Å². The van der Waals surface area contributed by atoms with Crippen molar-refractivity contribution in [2.24, 2.45) is 0 Å². The molecule has 1 heterocycles.